The van der Waals surface area contributed by atoms with Gasteiger partial charge in [0, 0.05) is 0 Å². The van der Waals surface area contributed by atoms with Crippen LogP contribution < -0.4 is 0 Å². The van der Waals surface area contributed by atoms with Crippen molar-refractivity contribution < 1.29 is 71.2 Å². The number of hydrogen-bond acceptors (Lipinski definition) is 10. The first-order chi connectivity index (χ1) is 11.4. The van der Waals surface area contributed by atoms with Crippen molar-refractivity contribution in [1.29, 1.82) is 0 Å². The van der Waals surface area contributed by atoms with E-state index in [4.69, 9.17) is 0 Å². The first-order valence-corrected chi connectivity index (χ1v) is 8.93. The quantitative estimate of drug-likeness (QED) is 0.312. The molecule has 0 radical (unpaired) electrons. The maximum atomic E-state index is 12.5. The molecule has 0 aliphatic carbocycles. The molecular weight excluding hydrogens is 434 g/mol. The fourth-order valence-electron chi connectivity index (χ4n) is 2.09. The molecule has 5 atom stereocenters. The Morgan fingerprint density at radius 3 is 1.92 bits per heavy atom. The Morgan fingerprint density at radius 2 is 1.46 bits per heavy atom. The molecule has 0 bridgehead atoms. The molecule has 0 saturated carbocycles. The van der Waals surface area contributed by atoms with Crippen LogP contribution in [0, 0.1) is 0 Å². The van der Waals surface area contributed by atoms with Gasteiger partial charge < -0.3 is 19.7 Å². The monoisotopic (exact) mass is 442 g/mol. The summed E-state index contributed by atoms with van der Waals surface area (Å²) in [5, 5.41) is 19.3. The van der Waals surface area contributed by atoms with Crippen LogP contribution in [0.15, 0.2) is 0 Å². The zero-order valence-corrected chi connectivity index (χ0v) is 13.4. The smallest absolute Gasteiger partial charge is 0.385 e. The topological polar surface area (TPSA) is 146 Å². The second kappa shape index (κ2) is 6.12. The van der Waals surface area contributed by atoms with Crippen LogP contribution in [0.4, 0.5) is 26.3 Å². The van der Waals surface area contributed by atoms with E-state index in [1.807, 2.05) is 0 Å². The molecule has 0 aromatic heterocycles. The summed E-state index contributed by atoms with van der Waals surface area (Å²) in [7, 11) is -12.9. The van der Waals surface area contributed by atoms with E-state index in [1.165, 1.54) is 0 Å². The number of ether oxygens (including phenoxy) is 2. The molecular formula is C8H8F6O10S2. The van der Waals surface area contributed by atoms with E-state index in [1.54, 1.807) is 0 Å². The summed E-state index contributed by atoms with van der Waals surface area (Å²) in [4.78, 5) is 0. The predicted octanol–water partition coefficient (Wildman–Crippen LogP) is -1.11. The Morgan fingerprint density at radius 1 is 0.962 bits per heavy atom. The van der Waals surface area contributed by atoms with E-state index in [-0.39, 0.29) is 0 Å². The summed E-state index contributed by atoms with van der Waals surface area (Å²) in [5.74, 6) is -3.39. The molecule has 2 aliphatic heterocycles. The molecule has 2 fully saturated rings. The summed E-state index contributed by atoms with van der Waals surface area (Å²) in [6.45, 7) is -0.951. The molecule has 154 valence electrons. The molecule has 2 aliphatic rings. The predicted molar refractivity (Wildman–Crippen MR) is 61.5 cm³/mol. The van der Waals surface area contributed by atoms with E-state index in [0.717, 1.165) is 0 Å². The number of rotatable bonds is 4. The van der Waals surface area contributed by atoms with Crippen LogP contribution in [0.1, 0.15) is 0 Å². The first-order valence-electron chi connectivity index (χ1n) is 6.11. The van der Waals surface area contributed by atoms with Gasteiger partial charge in [0.1, 0.15) is 18.3 Å². The molecule has 0 spiro atoms. The molecule has 0 amide bonds. The maximum Gasteiger partial charge on any atom is 0.523 e. The highest BCUT2D eigenvalue weighted by atomic mass is 32.2. The Balaban J connectivity index is 2.37. The number of aliphatic hydroxyl groups excluding tert-OH is 2. The van der Waals surface area contributed by atoms with E-state index in [2.05, 4.69) is 17.8 Å². The van der Waals surface area contributed by atoms with Gasteiger partial charge in [0.15, 0.2) is 0 Å². The van der Waals surface area contributed by atoms with E-state index < -0.39 is 68.2 Å². The minimum absolute atomic E-state index is 0.951. The summed E-state index contributed by atoms with van der Waals surface area (Å²) < 4.78 is 135. The second-order valence-corrected chi connectivity index (χ2v) is 8.05. The molecule has 0 aromatic carbocycles. The van der Waals surface area contributed by atoms with Crippen LogP contribution in [-0.4, -0.2) is 75.1 Å². The highest BCUT2D eigenvalue weighted by molar-refractivity contribution is 7.87. The Bertz CT molecular complexity index is 759. The molecule has 18 heteroatoms. The van der Waals surface area contributed by atoms with Crippen LogP contribution in [0.25, 0.3) is 0 Å². The van der Waals surface area contributed by atoms with Crippen molar-refractivity contribution in [3.8, 4) is 0 Å². The molecule has 2 rings (SSSR count). The van der Waals surface area contributed by atoms with Gasteiger partial charge in [0.2, 0.25) is 12.1 Å². The van der Waals surface area contributed by atoms with Crippen LogP contribution in [0.5, 0.6) is 0 Å². The maximum absolute atomic E-state index is 12.5. The van der Waals surface area contributed by atoms with Crippen LogP contribution in [0.2, 0.25) is 0 Å². The SMILES string of the molecule is O=S(=O)(OC1OC2(OS(=O)(=O)C(F)(F)F)[C@H](OC[C@@H]2O)[C@@H]1O)C(F)(F)F. The van der Waals surface area contributed by atoms with Crippen LogP contribution >= 0.6 is 0 Å². The number of hydrogen-bond donors (Lipinski definition) is 2. The highest BCUT2D eigenvalue weighted by Crippen LogP contribution is 2.46. The van der Waals surface area contributed by atoms with Crippen molar-refractivity contribution in [1.82, 2.24) is 0 Å². The lowest BCUT2D eigenvalue weighted by molar-refractivity contribution is -0.254. The summed E-state index contributed by atoms with van der Waals surface area (Å²) in [6, 6.07) is 0. The summed E-state index contributed by atoms with van der Waals surface area (Å²) in [5.41, 5.74) is -12.0. The number of alkyl halides is 6. The fraction of sp³-hybridized carbons (Fsp3) is 1.00. The summed E-state index contributed by atoms with van der Waals surface area (Å²) >= 11 is 0. The van der Waals surface area contributed by atoms with E-state index >= 15 is 0 Å². The normalized spacial score (nSPS) is 36.3. The lowest BCUT2D eigenvalue weighted by Crippen LogP contribution is -2.52. The molecule has 10 nitrogen and oxygen atoms in total. The minimum atomic E-state index is -6.50. The van der Waals surface area contributed by atoms with Crippen molar-refractivity contribution in [2.24, 2.45) is 0 Å². The molecule has 2 N–H and O–H groups in total. The Kier molecular flexibility index (Phi) is 5.07. The lowest BCUT2D eigenvalue weighted by Gasteiger charge is -2.29. The third kappa shape index (κ3) is 3.39. The average molecular weight is 442 g/mol. The van der Waals surface area contributed by atoms with Gasteiger partial charge in [-0.25, -0.2) is 8.37 Å². The zero-order valence-electron chi connectivity index (χ0n) is 11.8. The van der Waals surface area contributed by atoms with Gasteiger partial charge in [-0.1, -0.05) is 0 Å². The van der Waals surface area contributed by atoms with Gasteiger partial charge in [-0.2, -0.15) is 43.2 Å². The van der Waals surface area contributed by atoms with E-state index in [9.17, 15) is 53.4 Å². The first kappa shape index (κ1) is 21.5. The fourth-order valence-corrected chi connectivity index (χ4v) is 3.28. The van der Waals surface area contributed by atoms with Gasteiger partial charge in [0.05, 0.1) is 6.61 Å². The molecule has 2 unspecified atom stereocenters. The number of halogens is 6. The molecule has 2 saturated heterocycles. The van der Waals surface area contributed by atoms with Crippen LogP contribution in [0.3, 0.4) is 0 Å². The number of aliphatic hydroxyl groups is 2. The second-order valence-electron chi connectivity index (χ2n) is 4.95. The zero-order chi connectivity index (χ0) is 20.3. The lowest BCUT2D eigenvalue weighted by atomic mass is 10.1. The minimum Gasteiger partial charge on any atom is -0.385 e. The standard InChI is InChI=1S/C8H8F6O10S2/c9-7(10,11)25(17,18)23-5-3(16)4-6(22-5,2(15)1-21-4)24-26(19,20)8(12,13)14/h2-5,15-16H,1H2/t2-,3-,4+,5?,6?/m0/s1. The van der Waals surface area contributed by atoms with Gasteiger partial charge in [-0.05, 0) is 0 Å². The van der Waals surface area contributed by atoms with Crippen molar-refractivity contribution in [3.63, 3.8) is 0 Å². The third-order valence-electron chi connectivity index (χ3n) is 3.21. The summed E-state index contributed by atoms with van der Waals surface area (Å²) in [6.07, 6.45) is -10.1. The van der Waals surface area contributed by atoms with Crippen LogP contribution in [-0.2, 0) is 38.1 Å². The van der Waals surface area contributed by atoms with Gasteiger partial charge in [0.25, 0.3) is 0 Å². The van der Waals surface area contributed by atoms with Crippen molar-refractivity contribution in [2.45, 2.75) is 41.4 Å². The third-order valence-corrected chi connectivity index (χ3v) is 5.27. The molecule has 0 aromatic rings. The van der Waals surface area contributed by atoms with Crippen molar-refractivity contribution in [2.75, 3.05) is 6.61 Å². The Labute approximate surface area is 140 Å². The van der Waals surface area contributed by atoms with Gasteiger partial charge >= 0.3 is 31.3 Å². The largest absolute Gasteiger partial charge is 0.523 e. The number of fused-ring (bicyclic) bond motifs is 1. The van der Waals surface area contributed by atoms with Crippen molar-refractivity contribution in [3.05, 3.63) is 0 Å². The highest BCUT2D eigenvalue weighted by Gasteiger charge is 2.70. The average Bonchev–Trinajstić information content (AvgIpc) is 2.83. The Hall–Kier alpha value is -0.760. The van der Waals surface area contributed by atoms with E-state index in [0.29, 0.717) is 0 Å². The van der Waals surface area contributed by atoms with Gasteiger partial charge in [-0.15, -0.1) is 0 Å². The molecule has 2 heterocycles. The van der Waals surface area contributed by atoms with Gasteiger partial charge in [-0.3, -0.25) is 0 Å². The van der Waals surface area contributed by atoms with Crippen molar-refractivity contribution >= 4 is 20.2 Å². The molecule has 26 heavy (non-hydrogen) atoms.